The van der Waals surface area contributed by atoms with Gasteiger partial charge >= 0.3 is 0 Å². The van der Waals surface area contributed by atoms with Crippen LogP contribution in [-0.2, 0) is 4.79 Å². The van der Waals surface area contributed by atoms with Gasteiger partial charge in [-0.25, -0.2) is 0 Å². The van der Waals surface area contributed by atoms with Crippen LogP contribution in [0.5, 0.6) is 5.75 Å². The van der Waals surface area contributed by atoms with Crippen LogP contribution in [-0.4, -0.2) is 37.0 Å². The molecule has 1 atom stereocenters. The van der Waals surface area contributed by atoms with E-state index >= 15 is 0 Å². The molecule has 0 spiro atoms. The molecule has 2 aromatic carbocycles. The lowest BCUT2D eigenvalue weighted by Gasteiger charge is -2.28. The molecule has 1 N–H and O–H groups in total. The third kappa shape index (κ3) is 4.62. The van der Waals surface area contributed by atoms with Crippen molar-refractivity contribution in [3.63, 3.8) is 0 Å². The van der Waals surface area contributed by atoms with Crippen LogP contribution in [0, 0.1) is 11.3 Å². The zero-order valence-electron chi connectivity index (χ0n) is 14.7. The van der Waals surface area contributed by atoms with Crippen LogP contribution in [0.4, 0.5) is 0 Å². The van der Waals surface area contributed by atoms with Gasteiger partial charge in [0.05, 0.1) is 11.6 Å². The van der Waals surface area contributed by atoms with Crippen LogP contribution in [0.15, 0.2) is 54.6 Å². The first kappa shape index (κ1) is 18.0. The number of benzene rings is 2. The molecular weight excluding hydrogens is 326 g/mol. The summed E-state index contributed by atoms with van der Waals surface area (Å²) in [5.74, 6) is 0.252. The van der Waals surface area contributed by atoms with E-state index in [1.54, 1.807) is 24.3 Å². The zero-order chi connectivity index (χ0) is 18.2. The smallest absolute Gasteiger partial charge is 0.258 e. The second kappa shape index (κ2) is 9.02. The summed E-state index contributed by atoms with van der Waals surface area (Å²) in [6, 6.07) is 19.4. The van der Waals surface area contributed by atoms with Crippen molar-refractivity contribution in [1.29, 1.82) is 5.26 Å². The molecule has 0 aromatic heterocycles. The fraction of sp³-hybridized carbons (Fsp3) is 0.333. The number of nitriles is 1. The van der Waals surface area contributed by atoms with E-state index in [1.165, 1.54) is 18.4 Å². The highest BCUT2D eigenvalue weighted by molar-refractivity contribution is 5.77. The predicted molar refractivity (Wildman–Crippen MR) is 99.7 cm³/mol. The number of ether oxygens (including phenoxy) is 1. The van der Waals surface area contributed by atoms with Crippen molar-refractivity contribution in [2.45, 2.75) is 18.9 Å². The van der Waals surface area contributed by atoms with Gasteiger partial charge in [-0.15, -0.1) is 0 Å². The van der Waals surface area contributed by atoms with E-state index in [-0.39, 0.29) is 18.6 Å². The first-order valence-electron chi connectivity index (χ1n) is 8.95. The van der Waals surface area contributed by atoms with E-state index in [1.807, 2.05) is 18.2 Å². The number of hydrogen-bond donors (Lipinski definition) is 1. The number of nitrogens with one attached hydrogen (secondary N) is 1. The van der Waals surface area contributed by atoms with Crippen molar-refractivity contribution in [2.24, 2.45) is 0 Å². The molecule has 0 radical (unpaired) electrons. The SMILES string of the molecule is N#Cc1ccccc1OCC(=O)NCC(c1ccccc1)N1CCCC1. The topological polar surface area (TPSA) is 65.4 Å². The number of carbonyl (C=O) groups excluding carboxylic acids is 1. The van der Waals surface area contributed by atoms with Crippen LogP contribution < -0.4 is 10.1 Å². The molecule has 5 nitrogen and oxygen atoms in total. The predicted octanol–water partition coefficient (Wildman–Crippen LogP) is 2.89. The van der Waals surface area contributed by atoms with Crippen molar-refractivity contribution >= 4 is 5.91 Å². The first-order chi connectivity index (χ1) is 12.8. The van der Waals surface area contributed by atoms with Crippen molar-refractivity contribution in [3.05, 3.63) is 65.7 Å². The molecule has 0 saturated carbocycles. The average molecular weight is 349 g/mol. The molecule has 1 aliphatic heterocycles. The number of carbonyl (C=O) groups is 1. The molecule has 1 unspecified atom stereocenters. The lowest BCUT2D eigenvalue weighted by molar-refractivity contribution is -0.123. The maximum Gasteiger partial charge on any atom is 0.258 e. The quantitative estimate of drug-likeness (QED) is 0.835. The minimum absolute atomic E-state index is 0.0970. The summed E-state index contributed by atoms with van der Waals surface area (Å²) < 4.78 is 5.51. The van der Waals surface area contributed by atoms with E-state index in [9.17, 15) is 4.79 Å². The van der Waals surface area contributed by atoms with E-state index in [4.69, 9.17) is 10.00 Å². The van der Waals surface area contributed by atoms with Crippen LogP contribution in [0.3, 0.4) is 0 Å². The molecule has 26 heavy (non-hydrogen) atoms. The van der Waals surface area contributed by atoms with E-state index in [0.717, 1.165) is 13.1 Å². The molecule has 0 aliphatic carbocycles. The molecular formula is C21H23N3O2. The lowest BCUT2D eigenvalue weighted by Crippen LogP contribution is -2.38. The Morgan fingerprint density at radius 2 is 1.81 bits per heavy atom. The highest BCUT2D eigenvalue weighted by Crippen LogP contribution is 2.24. The number of rotatable bonds is 7. The van der Waals surface area contributed by atoms with E-state index < -0.39 is 0 Å². The van der Waals surface area contributed by atoms with Gasteiger partial charge in [0.1, 0.15) is 11.8 Å². The highest BCUT2D eigenvalue weighted by atomic mass is 16.5. The molecule has 134 valence electrons. The Labute approximate surface area is 154 Å². The van der Waals surface area contributed by atoms with Gasteiger partial charge in [-0.05, 0) is 43.6 Å². The number of likely N-dealkylation sites (tertiary alicyclic amines) is 1. The van der Waals surface area contributed by atoms with Crippen LogP contribution in [0.1, 0.15) is 30.0 Å². The van der Waals surface area contributed by atoms with Gasteiger partial charge in [0, 0.05) is 6.54 Å². The summed E-state index contributed by atoms with van der Waals surface area (Å²) >= 11 is 0. The summed E-state index contributed by atoms with van der Waals surface area (Å²) in [6.45, 7) is 2.56. The van der Waals surface area contributed by atoms with Gasteiger partial charge in [0.2, 0.25) is 0 Å². The molecule has 2 aromatic rings. The lowest BCUT2D eigenvalue weighted by atomic mass is 10.1. The molecule has 1 fully saturated rings. The van der Waals surface area contributed by atoms with Gasteiger partial charge in [-0.2, -0.15) is 5.26 Å². The van der Waals surface area contributed by atoms with E-state index in [2.05, 4.69) is 28.4 Å². The Morgan fingerprint density at radius 1 is 1.12 bits per heavy atom. The Bertz CT molecular complexity index is 764. The minimum atomic E-state index is -0.183. The fourth-order valence-corrected chi connectivity index (χ4v) is 3.28. The summed E-state index contributed by atoms with van der Waals surface area (Å²) in [5.41, 5.74) is 1.64. The summed E-state index contributed by atoms with van der Waals surface area (Å²) in [5, 5.41) is 12.0. The normalized spacial score (nSPS) is 15.2. The first-order valence-corrected chi connectivity index (χ1v) is 8.95. The molecule has 5 heteroatoms. The Kier molecular flexibility index (Phi) is 6.24. The van der Waals surface area contributed by atoms with E-state index in [0.29, 0.717) is 17.9 Å². The molecule has 1 saturated heterocycles. The fourth-order valence-electron chi connectivity index (χ4n) is 3.28. The summed E-state index contributed by atoms with van der Waals surface area (Å²) in [6.07, 6.45) is 2.40. The average Bonchev–Trinajstić information content (AvgIpc) is 3.22. The Morgan fingerprint density at radius 3 is 2.54 bits per heavy atom. The van der Waals surface area contributed by atoms with Crippen molar-refractivity contribution in [3.8, 4) is 11.8 Å². The minimum Gasteiger partial charge on any atom is -0.482 e. The van der Waals surface area contributed by atoms with Crippen molar-refractivity contribution < 1.29 is 9.53 Å². The third-order valence-electron chi connectivity index (χ3n) is 4.62. The maximum atomic E-state index is 12.2. The number of hydrogen-bond acceptors (Lipinski definition) is 4. The van der Waals surface area contributed by atoms with Crippen molar-refractivity contribution in [1.82, 2.24) is 10.2 Å². The third-order valence-corrected chi connectivity index (χ3v) is 4.62. The van der Waals surface area contributed by atoms with Crippen LogP contribution in [0.2, 0.25) is 0 Å². The van der Waals surface area contributed by atoms with Gasteiger partial charge in [0.15, 0.2) is 6.61 Å². The monoisotopic (exact) mass is 349 g/mol. The number of para-hydroxylation sites is 1. The molecule has 1 amide bonds. The van der Waals surface area contributed by atoms with Gasteiger partial charge in [-0.3, -0.25) is 9.69 Å². The molecule has 0 bridgehead atoms. The van der Waals surface area contributed by atoms with Gasteiger partial charge in [-0.1, -0.05) is 42.5 Å². The van der Waals surface area contributed by atoms with Crippen LogP contribution in [0.25, 0.3) is 0 Å². The second-order valence-corrected chi connectivity index (χ2v) is 6.37. The number of nitrogens with zero attached hydrogens (tertiary/aromatic N) is 2. The molecule has 1 heterocycles. The van der Waals surface area contributed by atoms with Gasteiger partial charge in [0.25, 0.3) is 5.91 Å². The highest BCUT2D eigenvalue weighted by Gasteiger charge is 2.23. The Balaban J connectivity index is 1.57. The molecule has 3 rings (SSSR count). The molecule has 1 aliphatic rings. The number of amides is 1. The standard InChI is InChI=1S/C21H23N3O2/c22-14-18-10-4-5-11-20(18)26-16-21(25)23-15-19(24-12-6-7-13-24)17-8-2-1-3-9-17/h1-5,8-11,19H,6-7,12-13,15-16H2,(H,23,25). The Hall–Kier alpha value is -2.84. The largest absolute Gasteiger partial charge is 0.482 e. The summed E-state index contributed by atoms with van der Waals surface area (Å²) in [7, 11) is 0. The second-order valence-electron chi connectivity index (χ2n) is 6.37. The van der Waals surface area contributed by atoms with Gasteiger partial charge < -0.3 is 10.1 Å². The van der Waals surface area contributed by atoms with Crippen molar-refractivity contribution in [2.75, 3.05) is 26.2 Å². The maximum absolute atomic E-state index is 12.2. The van der Waals surface area contributed by atoms with Crippen LogP contribution >= 0.6 is 0 Å². The zero-order valence-corrected chi connectivity index (χ0v) is 14.7. The summed E-state index contributed by atoms with van der Waals surface area (Å²) in [4.78, 5) is 14.6.